The molecular formula is C17H22FNO2. The van der Waals surface area contributed by atoms with Crippen molar-refractivity contribution in [3.05, 3.63) is 35.8 Å². The Bertz CT molecular complexity index is 614. The van der Waals surface area contributed by atoms with Gasteiger partial charge in [0, 0.05) is 12.5 Å². The zero-order valence-electron chi connectivity index (χ0n) is 12.4. The number of benzene rings is 1. The Labute approximate surface area is 124 Å². The van der Waals surface area contributed by atoms with Gasteiger partial charge in [0.05, 0.1) is 11.6 Å². The van der Waals surface area contributed by atoms with Crippen LogP contribution in [-0.4, -0.2) is 12.7 Å². The SMILES string of the molecule is COC1(C(N)c2cc3cccc(F)c3o2)CCCCCC1. The standard InChI is InChI=1S/C17H22FNO2/c1-20-17(9-4-2-3-5-10-17)16(19)14-11-12-7-6-8-13(18)15(12)21-14/h6-8,11,16H,2-5,9-10,19H2,1H3. The second-order valence-corrected chi connectivity index (χ2v) is 5.97. The Hall–Kier alpha value is -1.39. The van der Waals surface area contributed by atoms with Crippen molar-refractivity contribution in [3.63, 3.8) is 0 Å². The van der Waals surface area contributed by atoms with Gasteiger partial charge in [-0.1, -0.05) is 37.8 Å². The van der Waals surface area contributed by atoms with E-state index in [1.54, 1.807) is 13.2 Å². The minimum absolute atomic E-state index is 0.280. The molecule has 0 saturated heterocycles. The number of hydrogen-bond acceptors (Lipinski definition) is 3. The summed E-state index contributed by atoms with van der Waals surface area (Å²) in [6, 6.07) is 6.39. The van der Waals surface area contributed by atoms with Gasteiger partial charge >= 0.3 is 0 Å². The summed E-state index contributed by atoms with van der Waals surface area (Å²) in [5.41, 5.74) is 6.34. The fraction of sp³-hybridized carbons (Fsp3) is 0.529. The molecule has 1 aliphatic carbocycles. The first-order chi connectivity index (χ1) is 10.2. The van der Waals surface area contributed by atoms with Gasteiger partial charge in [-0.05, 0) is 25.0 Å². The summed E-state index contributed by atoms with van der Waals surface area (Å²) in [6.07, 6.45) is 6.49. The molecule has 1 aromatic carbocycles. The number of rotatable bonds is 3. The van der Waals surface area contributed by atoms with Crippen molar-refractivity contribution in [2.24, 2.45) is 5.73 Å². The van der Waals surface area contributed by atoms with Crippen LogP contribution in [0.1, 0.15) is 50.3 Å². The van der Waals surface area contributed by atoms with Crippen LogP contribution in [0.4, 0.5) is 4.39 Å². The van der Waals surface area contributed by atoms with Crippen molar-refractivity contribution < 1.29 is 13.5 Å². The summed E-state index contributed by atoms with van der Waals surface area (Å²) in [5, 5.41) is 0.750. The molecule has 2 aromatic rings. The predicted molar refractivity (Wildman–Crippen MR) is 80.5 cm³/mol. The highest BCUT2D eigenvalue weighted by Crippen LogP contribution is 2.40. The van der Waals surface area contributed by atoms with E-state index < -0.39 is 5.60 Å². The molecule has 0 amide bonds. The summed E-state index contributed by atoms with van der Waals surface area (Å²) in [6.45, 7) is 0. The predicted octanol–water partition coefficient (Wildman–Crippen LogP) is 4.31. The number of furan rings is 1. The van der Waals surface area contributed by atoms with Crippen LogP contribution < -0.4 is 5.73 Å². The van der Waals surface area contributed by atoms with E-state index in [1.165, 1.54) is 18.9 Å². The molecule has 3 rings (SSSR count). The third-order valence-electron chi connectivity index (χ3n) is 4.74. The topological polar surface area (TPSA) is 48.4 Å². The second-order valence-electron chi connectivity index (χ2n) is 5.97. The maximum Gasteiger partial charge on any atom is 0.169 e. The van der Waals surface area contributed by atoms with Crippen LogP contribution in [0.5, 0.6) is 0 Å². The van der Waals surface area contributed by atoms with Gasteiger partial charge in [-0.3, -0.25) is 0 Å². The lowest BCUT2D eigenvalue weighted by molar-refractivity contribution is -0.0484. The molecule has 0 aliphatic heterocycles. The van der Waals surface area contributed by atoms with E-state index in [4.69, 9.17) is 14.9 Å². The van der Waals surface area contributed by atoms with Crippen LogP contribution >= 0.6 is 0 Å². The number of hydrogen-bond donors (Lipinski definition) is 1. The van der Waals surface area contributed by atoms with Crippen molar-refractivity contribution in [1.82, 2.24) is 0 Å². The van der Waals surface area contributed by atoms with E-state index in [0.29, 0.717) is 5.76 Å². The van der Waals surface area contributed by atoms with Crippen molar-refractivity contribution in [1.29, 1.82) is 0 Å². The van der Waals surface area contributed by atoms with Crippen LogP contribution in [0, 0.1) is 5.82 Å². The molecule has 1 aliphatic rings. The first-order valence-electron chi connectivity index (χ1n) is 7.65. The molecular weight excluding hydrogens is 269 g/mol. The Morgan fingerprint density at radius 2 is 1.95 bits per heavy atom. The molecule has 1 fully saturated rings. The Morgan fingerprint density at radius 1 is 1.24 bits per heavy atom. The highest BCUT2D eigenvalue weighted by molar-refractivity contribution is 5.78. The molecule has 0 spiro atoms. The first kappa shape index (κ1) is 14.5. The third kappa shape index (κ3) is 2.58. The van der Waals surface area contributed by atoms with Crippen LogP contribution in [-0.2, 0) is 4.74 Å². The number of halogens is 1. The van der Waals surface area contributed by atoms with E-state index in [9.17, 15) is 4.39 Å². The van der Waals surface area contributed by atoms with Gasteiger partial charge in [0.2, 0.25) is 0 Å². The van der Waals surface area contributed by atoms with E-state index in [-0.39, 0.29) is 17.4 Å². The zero-order chi connectivity index (χ0) is 14.9. The molecule has 21 heavy (non-hydrogen) atoms. The van der Waals surface area contributed by atoms with Crippen molar-refractivity contribution in [3.8, 4) is 0 Å². The quantitative estimate of drug-likeness (QED) is 0.857. The zero-order valence-corrected chi connectivity index (χ0v) is 12.4. The third-order valence-corrected chi connectivity index (χ3v) is 4.74. The molecule has 1 aromatic heterocycles. The Morgan fingerprint density at radius 3 is 2.57 bits per heavy atom. The lowest BCUT2D eigenvalue weighted by Crippen LogP contribution is -2.42. The molecule has 4 heteroatoms. The normalized spacial score (nSPS) is 20.3. The molecule has 1 saturated carbocycles. The maximum absolute atomic E-state index is 13.8. The van der Waals surface area contributed by atoms with Crippen molar-refractivity contribution in [2.75, 3.05) is 7.11 Å². The summed E-state index contributed by atoms with van der Waals surface area (Å²) < 4.78 is 25.3. The van der Waals surface area contributed by atoms with Crippen LogP contribution in [0.25, 0.3) is 11.0 Å². The van der Waals surface area contributed by atoms with Gasteiger partial charge in [-0.25, -0.2) is 4.39 Å². The van der Waals surface area contributed by atoms with E-state index in [2.05, 4.69) is 0 Å². The highest BCUT2D eigenvalue weighted by atomic mass is 19.1. The van der Waals surface area contributed by atoms with E-state index >= 15 is 0 Å². The molecule has 2 N–H and O–H groups in total. The molecule has 114 valence electrons. The van der Waals surface area contributed by atoms with Crippen LogP contribution in [0.3, 0.4) is 0 Å². The fourth-order valence-corrected chi connectivity index (χ4v) is 3.43. The van der Waals surface area contributed by atoms with Gasteiger partial charge in [0.1, 0.15) is 5.76 Å². The maximum atomic E-state index is 13.8. The fourth-order valence-electron chi connectivity index (χ4n) is 3.43. The van der Waals surface area contributed by atoms with Gasteiger partial charge in [-0.15, -0.1) is 0 Å². The second kappa shape index (κ2) is 5.78. The molecule has 0 bridgehead atoms. The summed E-state index contributed by atoms with van der Waals surface area (Å²) in [7, 11) is 1.72. The van der Waals surface area contributed by atoms with Gasteiger partial charge in [0.15, 0.2) is 11.4 Å². The van der Waals surface area contributed by atoms with Crippen LogP contribution in [0.15, 0.2) is 28.7 Å². The Balaban J connectivity index is 1.97. The highest BCUT2D eigenvalue weighted by Gasteiger charge is 2.39. The summed E-state index contributed by atoms with van der Waals surface area (Å²) in [4.78, 5) is 0. The van der Waals surface area contributed by atoms with E-state index in [1.807, 2.05) is 12.1 Å². The Kier molecular flexibility index (Phi) is 4.00. The largest absolute Gasteiger partial charge is 0.456 e. The van der Waals surface area contributed by atoms with Crippen LogP contribution in [0.2, 0.25) is 0 Å². The lowest BCUT2D eigenvalue weighted by Gasteiger charge is -2.36. The molecule has 0 radical (unpaired) electrons. The number of para-hydroxylation sites is 1. The van der Waals surface area contributed by atoms with Gasteiger partial charge in [0.25, 0.3) is 0 Å². The van der Waals surface area contributed by atoms with Gasteiger partial charge in [-0.2, -0.15) is 0 Å². The monoisotopic (exact) mass is 291 g/mol. The van der Waals surface area contributed by atoms with Gasteiger partial charge < -0.3 is 14.9 Å². The average molecular weight is 291 g/mol. The number of nitrogens with two attached hydrogens (primary N) is 1. The molecule has 3 nitrogen and oxygen atoms in total. The number of methoxy groups -OCH3 is 1. The summed E-state index contributed by atoms with van der Waals surface area (Å²) >= 11 is 0. The van der Waals surface area contributed by atoms with E-state index in [0.717, 1.165) is 31.1 Å². The smallest absolute Gasteiger partial charge is 0.169 e. The molecule has 1 heterocycles. The average Bonchev–Trinajstić information content (AvgIpc) is 2.79. The van der Waals surface area contributed by atoms with Crippen molar-refractivity contribution in [2.45, 2.75) is 50.2 Å². The number of fused-ring (bicyclic) bond motifs is 1. The molecule has 1 unspecified atom stereocenters. The minimum Gasteiger partial charge on any atom is -0.456 e. The minimum atomic E-state index is -0.402. The summed E-state index contributed by atoms with van der Waals surface area (Å²) in [5.74, 6) is 0.261. The van der Waals surface area contributed by atoms with Crippen molar-refractivity contribution >= 4 is 11.0 Å². The lowest BCUT2D eigenvalue weighted by atomic mass is 9.85. The molecule has 1 atom stereocenters. The number of ether oxygens (including phenoxy) is 1. The first-order valence-corrected chi connectivity index (χ1v) is 7.65.